The van der Waals surface area contributed by atoms with Gasteiger partial charge in [0, 0.05) is 17.6 Å². The van der Waals surface area contributed by atoms with Crippen LogP contribution in [0.15, 0.2) is 46.9 Å². The first-order valence-electron chi connectivity index (χ1n) is 8.14. The van der Waals surface area contributed by atoms with Gasteiger partial charge in [0.05, 0.1) is 25.2 Å². The highest BCUT2D eigenvalue weighted by Gasteiger charge is 2.20. The lowest BCUT2D eigenvalue weighted by Gasteiger charge is -2.29. The SMILES string of the molecule is O=C(Cc1ccc(F)cc1)Oc1ccc(Br)cc1C(=S)N1CCOCC1. The Morgan fingerprint density at radius 1 is 1.19 bits per heavy atom. The second kappa shape index (κ2) is 8.70. The van der Waals surface area contributed by atoms with E-state index in [4.69, 9.17) is 21.7 Å². The summed E-state index contributed by atoms with van der Waals surface area (Å²) in [5.41, 5.74) is 1.37. The van der Waals surface area contributed by atoms with E-state index in [2.05, 4.69) is 15.9 Å². The van der Waals surface area contributed by atoms with E-state index in [9.17, 15) is 9.18 Å². The van der Waals surface area contributed by atoms with Gasteiger partial charge in [0.25, 0.3) is 0 Å². The van der Waals surface area contributed by atoms with Gasteiger partial charge in [-0.05, 0) is 35.9 Å². The Morgan fingerprint density at radius 3 is 2.58 bits per heavy atom. The van der Waals surface area contributed by atoms with Crippen LogP contribution in [0.4, 0.5) is 4.39 Å². The van der Waals surface area contributed by atoms with E-state index in [1.54, 1.807) is 24.3 Å². The molecule has 0 aromatic heterocycles. The number of hydrogen-bond donors (Lipinski definition) is 0. The van der Waals surface area contributed by atoms with Crippen LogP contribution < -0.4 is 4.74 Å². The van der Waals surface area contributed by atoms with Crippen molar-refractivity contribution in [3.8, 4) is 5.75 Å². The summed E-state index contributed by atoms with van der Waals surface area (Å²) in [4.78, 5) is 15.0. The molecule has 0 N–H and O–H groups in total. The van der Waals surface area contributed by atoms with Crippen LogP contribution in [0.25, 0.3) is 0 Å². The van der Waals surface area contributed by atoms with Crippen molar-refractivity contribution in [2.24, 2.45) is 0 Å². The van der Waals surface area contributed by atoms with Gasteiger partial charge in [-0.2, -0.15) is 0 Å². The first-order valence-corrected chi connectivity index (χ1v) is 9.35. The molecular formula is C19H17BrFNO3S. The summed E-state index contributed by atoms with van der Waals surface area (Å²) in [6.07, 6.45) is 0.0557. The van der Waals surface area contributed by atoms with E-state index < -0.39 is 5.97 Å². The zero-order valence-corrected chi connectivity index (χ0v) is 16.3. The van der Waals surface area contributed by atoms with Crippen LogP contribution in [-0.4, -0.2) is 42.2 Å². The molecule has 3 rings (SSSR count). The van der Waals surface area contributed by atoms with Crippen molar-refractivity contribution in [2.45, 2.75) is 6.42 Å². The maximum Gasteiger partial charge on any atom is 0.315 e. The quantitative estimate of drug-likeness (QED) is 0.413. The zero-order valence-electron chi connectivity index (χ0n) is 13.9. The molecule has 1 aliphatic rings. The van der Waals surface area contributed by atoms with Crippen molar-refractivity contribution in [3.63, 3.8) is 0 Å². The van der Waals surface area contributed by atoms with Crippen LogP contribution in [0.3, 0.4) is 0 Å². The maximum absolute atomic E-state index is 13.0. The average molecular weight is 438 g/mol. The van der Waals surface area contributed by atoms with Gasteiger partial charge in [-0.25, -0.2) is 4.39 Å². The molecule has 136 valence electrons. The van der Waals surface area contributed by atoms with Crippen molar-refractivity contribution in [3.05, 3.63) is 63.9 Å². The molecule has 4 nitrogen and oxygen atoms in total. The number of hydrogen-bond acceptors (Lipinski definition) is 4. The number of halogens is 2. The molecule has 2 aromatic carbocycles. The van der Waals surface area contributed by atoms with Crippen LogP contribution in [0, 0.1) is 5.82 Å². The van der Waals surface area contributed by atoms with Crippen LogP contribution in [0.1, 0.15) is 11.1 Å². The second-order valence-electron chi connectivity index (χ2n) is 5.82. The van der Waals surface area contributed by atoms with Crippen LogP contribution in [-0.2, 0) is 16.0 Å². The number of carbonyl (C=O) groups is 1. The van der Waals surface area contributed by atoms with Crippen LogP contribution >= 0.6 is 28.1 Å². The van der Waals surface area contributed by atoms with Crippen LogP contribution in [0.5, 0.6) is 5.75 Å². The zero-order chi connectivity index (χ0) is 18.5. The Bertz CT molecular complexity index is 807. The first-order chi connectivity index (χ1) is 12.5. The minimum Gasteiger partial charge on any atom is -0.426 e. The van der Waals surface area contributed by atoms with Gasteiger partial charge in [0.1, 0.15) is 16.6 Å². The number of thiocarbonyl (C=S) groups is 1. The molecule has 1 fully saturated rings. The summed E-state index contributed by atoms with van der Waals surface area (Å²) in [5.74, 6) is -0.352. The highest BCUT2D eigenvalue weighted by Crippen LogP contribution is 2.26. The molecule has 0 saturated carbocycles. The molecule has 0 atom stereocenters. The predicted octanol–water partition coefficient (Wildman–Crippen LogP) is 3.74. The summed E-state index contributed by atoms with van der Waals surface area (Å²) in [6, 6.07) is 11.1. The normalized spacial score (nSPS) is 14.2. The molecule has 2 aromatic rings. The molecule has 0 amide bonds. The van der Waals surface area contributed by atoms with E-state index in [0.29, 0.717) is 48.2 Å². The maximum atomic E-state index is 13.0. The molecule has 26 heavy (non-hydrogen) atoms. The Hall–Kier alpha value is -1.83. The van der Waals surface area contributed by atoms with Crippen molar-refractivity contribution < 1.29 is 18.7 Å². The van der Waals surface area contributed by atoms with Gasteiger partial charge in [-0.1, -0.05) is 40.3 Å². The Morgan fingerprint density at radius 2 is 1.88 bits per heavy atom. The largest absolute Gasteiger partial charge is 0.426 e. The highest BCUT2D eigenvalue weighted by atomic mass is 79.9. The van der Waals surface area contributed by atoms with Crippen molar-refractivity contribution in [1.29, 1.82) is 0 Å². The molecule has 0 radical (unpaired) electrons. The van der Waals surface area contributed by atoms with E-state index >= 15 is 0 Å². The highest BCUT2D eigenvalue weighted by molar-refractivity contribution is 9.10. The van der Waals surface area contributed by atoms with Gasteiger partial charge < -0.3 is 14.4 Å². The summed E-state index contributed by atoms with van der Waals surface area (Å²) >= 11 is 9.04. The standard InChI is InChI=1S/C19H17BrFNO3S/c20-14-3-6-17(16(12-14)19(26)22-7-9-24-10-8-22)25-18(23)11-13-1-4-15(21)5-2-13/h1-6,12H,7-11H2. The van der Waals surface area contributed by atoms with Crippen molar-refractivity contribution >= 4 is 39.1 Å². The summed E-state index contributed by atoms with van der Waals surface area (Å²) in [6.45, 7) is 2.64. The Balaban J connectivity index is 1.75. The smallest absolute Gasteiger partial charge is 0.315 e. The number of esters is 1. The number of rotatable bonds is 4. The lowest BCUT2D eigenvalue weighted by molar-refractivity contribution is -0.133. The lowest BCUT2D eigenvalue weighted by atomic mass is 10.1. The molecule has 1 aliphatic heterocycles. The third kappa shape index (κ3) is 4.87. The lowest BCUT2D eigenvalue weighted by Crippen LogP contribution is -2.40. The number of ether oxygens (including phenoxy) is 2. The van der Waals surface area contributed by atoms with Crippen LogP contribution in [0.2, 0.25) is 0 Å². The van der Waals surface area contributed by atoms with Gasteiger partial charge in [-0.15, -0.1) is 0 Å². The topological polar surface area (TPSA) is 38.8 Å². The summed E-state index contributed by atoms with van der Waals surface area (Å²) in [5, 5.41) is 0. The van der Waals surface area contributed by atoms with E-state index in [-0.39, 0.29) is 12.2 Å². The molecule has 1 saturated heterocycles. The number of benzene rings is 2. The molecule has 0 unspecified atom stereocenters. The second-order valence-corrected chi connectivity index (χ2v) is 7.12. The van der Waals surface area contributed by atoms with Gasteiger partial charge in [0.2, 0.25) is 0 Å². The van der Waals surface area contributed by atoms with E-state index in [0.717, 1.165) is 4.47 Å². The third-order valence-corrected chi connectivity index (χ3v) is 4.93. The number of nitrogens with zero attached hydrogens (tertiary/aromatic N) is 1. The fourth-order valence-corrected chi connectivity index (χ4v) is 3.33. The van der Waals surface area contributed by atoms with Gasteiger partial charge in [0.15, 0.2) is 0 Å². The predicted molar refractivity (Wildman–Crippen MR) is 104 cm³/mol. The monoisotopic (exact) mass is 437 g/mol. The average Bonchev–Trinajstić information content (AvgIpc) is 2.65. The molecule has 0 bridgehead atoms. The van der Waals surface area contributed by atoms with Crippen molar-refractivity contribution in [1.82, 2.24) is 4.90 Å². The molecular weight excluding hydrogens is 421 g/mol. The number of carbonyl (C=O) groups excluding carboxylic acids is 1. The minimum absolute atomic E-state index is 0.0557. The Kier molecular flexibility index (Phi) is 6.34. The third-order valence-electron chi connectivity index (χ3n) is 3.96. The van der Waals surface area contributed by atoms with E-state index in [1.165, 1.54) is 12.1 Å². The van der Waals surface area contributed by atoms with Gasteiger partial charge >= 0.3 is 5.97 Å². The fourth-order valence-electron chi connectivity index (χ4n) is 2.62. The van der Waals surface area contributed by atoms with Crippen molar-refractivity contribution in [2.75, 3.05) is 26.3 Å². The molecule has 1 heterocycles. The molecule has 7 heteroatoms. The summed E-state index contributed by atoms with van der Waals surface area (Å²) < 4.78 is 24.7. The Labute approximate surface area is 165 Å². The molecule has 0 spiro atoms. The number of morpholine rings is 1. The fraction of sp³-hybridized carbons (Fsp3) is 0.263. The summed E-state index contributed by atoms with van der Waals surface area (Å²) in [7, 11) is 0. The van der Waals surface area contributed by atoms with Gasteiger partial charge in [-0.3, -0.25) is 4.79 Å². The molecule has 0 aliphatic carbocycles. The van der Waals surface area contributed by atoms with E-state index in [1.807, 2.05) is 11.0 Å². The minimum atomic E-state index is -0.426. The first kappa shape index (κ1) is 18.9.